The van der Waals surface area contributed by atoms with E-state index in [-0.39, 0.29) is 5.75 Å². The molecule has 2 aromatic carbocycles. The summed E-state index contributed by atoms with van der Waals surface area (Å²) in [6.45, 7) is 0.554. The lowest BCUT2D eigenvalue weighted by Crippen LogP contribution is -2.16. The van der Waals surface area contributed by atoms with Gasteiger partial charge >= 0.3 is 6.36 Å². The van der Waals surface area contributed by atoms with Crippen LogP contribution in [0, 0.1) is 0 Å². The van der Waals surface area contributed by atoms with Gasteiger partial charge in [0.15, 0.2) is 5.65 Å². The monoisotopic (exact) mass is 463 g/mol. The van der Waals surface area contributed by atoms with Gasteiger partial charge in [-0.3, -0.25) is 4.68 Å². The van der Waals surface area contributed by atoms with Crippen LogP contribution in [-0.2, 0) is 6.54 Å². The number of fused-ring (bicyclic) bond motifs is 1. The van der Waals surface area contributed by atoms with Gasteiger partial charge in [0.1, 0.15) is 17.9 Å². The first-order valence-corrected chi connectivity index (χ1v) is 9.20. The van der Waals surface area contributed by atoms with Crippen LogP contribution in [0.4, 0.5) is 24.7 Å². The van der Waals surface area contributed by atoms with Crippen LogP contribution in [0.15, 0.2) is 65.5 Å². The van der Waals surface area contributed by atoms with Crippen molar-refractivity contribution in [2.24, 2.45) is 0 Å². The molecule has 10 heteroatoms. The van der Waals surface area contributed by atoms with E-state index in [9.17, 15) is 13.2 Å². The van der Waals surface area contributed by atoms with E-state index in [1.165, 1.54) is 30.6 Å². The van der Waals surface area contributed by atoms with E-state index < -0.39 is 6.36 Å². The number of halogens is 4. The Labute approximate surface area is 171 Å². The van der Waals surface area contributed by atoms with Crippen molar-refractivity contribution in [1.29, 1.82) is 0 Å². The maximum atomic E-state index is 12.3. The summed E-state index contributed by atoms with van der Waals surface area (Å²) in [5.41, 5.74) is 2.13. The minimum atomic E-state index is -4.73. The summed E-state index contributed by atoms with van der Waals surface area (Å²) < 4.78 is 43.4. The third-order valence-corrected chi connectivity index (χ3v) is 4.44. The van der Waals surface area contributed by atoms with E-state index in [2.05, 4.69) is 41.1 Å². The van der Waals surface area contributed by atoms with Crippen LogP contribution in [0.1, 0.15) is 5.56 Å². The number of rotatable bonds is 5. The second-order valence-corrected chi connectivity index (χ2v) is 7.03. The van der Waals surface area contributed by atoms with Crippen molar-refractivity contribution in [3.05, 3.63) is 71.1 Å². The second-order valence-electron chi connectivity index (χ2n) is 6.11. The van der Waals surface area contributed by atoms with Gasteiger partial charge in [-0.05, 0) is 42.0 Å². The summed E-state index contributed by atoms with van der Waals surface area (Å²) in [4.78, 5) is 8.40. The van der Waals surface area contributed by atoms with E-state index in [1.54, 1.807) is 4.68 Å². The molecule has 0 saturated heterocycles. The van der Waals surface area contributed by atoms with Crippen molar-refractivity contribution in [2.45, 2.75) is 12.9 Å². The Balaban J connectivity index is 1.55. The lowest BCUT2D eigenvalue weighted by Gasteiger charge is -2.10. The SMILES string of the molecule is FC(F)(F)Oc1ccc(Nc2ncnc3nn(Cc4cccc(Br)c4)cc23)cc1. The highest BCUT2D eigenvalue weighted by atomic mass is 79.9. The van der Waals surface area contributed by atoms with Crippen molar-refractivity contribution in [3.8, 4) is 5.75 Å². The zero-order chi connectivity index (χ0) is 20.4. The number of nitrogens with zero attached hydrogens (tertiary/aromatic N) is 4. The van der Waals surface area contributed by atoms with E-state index in [0.29, 0.717) is 29.1 Å². The second kappa shape index (κ2) is 7.70. The third-order valence-electron chi connectivity index (χ3n) is 3.95. The average Bonchev–Trinajstić information content (AvgIpc) is 3.05. The molecular weight excluding hydrogens is 451 g/mol. The molecule has 2 heterocycles. The van der Waals surface area contributed by atoms with E-state index in [0.717, 1.165) is 10.0 Å². The minimum Gasteiger partial charge on any atom is -0.406 e. The summed E-state index contributed by atoms with van der Waals surface area (Å²) in [5, 5.41) is 8.23. The van der Waals surface area contributed by atoms with Crippen molar-refractivity contribution >= 4 is 38.5 Å². The minimum absolute atomic E-state index is 0.294. The van der Waals surface area contributed by atoms with Gasteiger partial charge in [-0.1, -0.05) is 28.1 Å². The van der Waals surface area contributed by atoms with Gasteiger partial charge in [0.25, 0.3) is 0 Å². The molecule has 0 fully saturated rings. The first-order chi connectivity index (χ1) is 13.9. The Bertz CT molecular complexity index is 1140. The number of aromatic nitrogens is 4. The normalized spacial score (nSPS) is 11.6. The zero-order valence-corrected chi connectivity index (χ0v) is 16.3. The predicted octanol–water partition coefficient (Wildman–Crippen LogP) is 5.28. The molecule has 148 valence electrons. The average molecular weight is 464 g/mol. The lowest BCUT2D eigenvalue weighted by molar-refractivity contribution is -0.274. The molecular formula is C19H13BrF3N5O. The van der Waals surface area contributed by atoms with Crippen LogP contribution in [0.3, 0.4) is 0 Å². The Morgan fingerprint density at radius 2 is 1.86 bits per heavy atom. The zero-order valence-electron chi connectivity index (χ0n) is 14.7. The maximum absolute atomic E-state index is 12.3. The molecule has 0 unspecified atom stereocenters. The van der Waals surface area contributed by atoms with Crippen molar-refractivity contribution < 1.29 is 17.9 Å². The molecule has 6 nitrogen and oxygen atoms in total. The topological polar surface area (TPSA) is 64.9 Å². The van der Waals surface area contributed by atoms with Crippen LogP contribution in [-0.4, -0.2) is 26.1 Å². The molecule has 0 aliphatic rings. The fourth-order valence-electron chi connectivity index (χ4n) is 2.76. The lowest BCUT2D eigenvalue weighted by atomic mass is 10.2. The van der Waals surface area contributed by atoms with Gasteiger partial charge in [0.05, 0.1) is 11.9 Å². The molecule has 0 spiro atoms. The van der Waals surface area contributed by atoms with E-state index >= 15 is 0 Å². The van der Waals surface area contributed by atoms with Gasteiger partial charge < -0.3 is 10.1 Å². The third kappa shape index (κ3) is 4.83. The molecule has 0 atom stereocenters. The van der Waals surface area contributed by atoms with Crippen LogP contribution in [0.25, 0.3) is 11.0 Å². The number of benzene rings is 2. The number of ether oxygens (including phenoxy) is 1. The smallest absolute Gasteiger partial charge is 0.406 e. The van der Waals surface area contributed by atoms with Gasteiger partial charge in [-0.25, -0.2) is 9.97 Å². The summed E-state index contributed by atoms with van der Waals surface area (Å²) in [5.74, 6) is 0.206. The van der Waals surface area contributed by atoms with Gasteiger partial charge in [0.2, 0.25) is 0 Å². The fourth-order valence-corrected chi connectivity index (χ4v) is 3.21. The number of nitrogens with one attached hydrogen (secondary N) is 1. The maximum Gasteiger partial charge on any atom is 0.573 e. The molecule has 0 radical (unpaired) electrons. The fraction of sp³-hybridized carbons (Fsp3) is 0.105. The highest BCUT2D eigenvalue weighted by Crippen LogP contribution is 2.27. The van der Waals surface area contributed by atoms with Gasteiger partial charge in [-0.15, -0.1) is 13.2 Å². The molecule has 0 aliphatic carbocycles. The number of hydrogen-bond donors (Lipinski definition) is 1. The largest absolute Gasteiger partial charge is 0.573 e. The van der Waals surface area contributed by atoms with Crippen molar-refractivity contribution in [2.75, 3.05) is 5.32 Å². The van der Waals surface area contributed by atoms with E-state index in [1.807, 2.05) is 30.5 Å². The van der Waals surface area contributed by atoms with Crippen LogP contribution < -0.4 is 10.1 Å². The molecule has 0 amide bonds. The van der Waals surface area contributed by atoms with Crippen molar-refractivity contribution in [1.82, 2.24) is 19.7 Å². The Morgan fingerprint density at radius 1 is 1.07 bits per heavy atom. The Hall–Kier alpha value is -3.14. The first kappa shape index (κ1) is 19.2. The Morgan fingerprint density at radius 3 is 2.59 bits per heavy atom. The van der Waals surface area contributed by atoms with Crippen LogP contribution in [0.5, 0.6) is 5.75 Å². The first-order valence-electron chi connectivity index (χ1n) is 8.41. The van der Waals surface area contributed by atoms with Gasteiger partial charge in [-0.2, -0.15) is 5.10 Å². The number of alkyl halides is 3. The molecule has 1 N–H and O–H groups in total. The molecule has 4 aromatic rings. The molecule has 0 saturated carbocycles. The standard InChI is InChI=1S/C19H13BrF3N5O/c20-13-3-1-2-12(8-13)9-28-10-16-17(24-11-25-18(16)27-28)26-14-4-6-15(7-5-14)29-19(21,22)23/h1-8,10-11H,9H2,(H,24,25,26,27). The Kier molecular flexibility index (Phi) is 5.10. The number of hydrogen-bond acceptors (Lipinski definition) is 5. The molecule has 0 bridgehead atoms. The molecule has 2 aromatic heterocycles. The highest BCUT2D eigenvalue weighted by Gasteiger charge is 2.30. The van der Waals surface area contributed by atoms with Crippen LogP contribution in [0.2, 0.25) is 0 Å². The van der Waals surface area contributed by atoms with Crippen LogP contribution >= 0.6 is 15.9 Å². The summed E-state index contributed by atoms with van der Waals surface area (Å²) in [7, 11) is 0. The number of anilines is 2. The summed E-state index contributed by atoms with van der Waals surface area (Å²) >= 11 is 3.45. The van der Waals surface area contributed by atoms with Crippen molar-refractivity contribution in [3.63, 3.8) is 0 Å². The molecule has 0 aliphatic heterocycles. The van der Waals surface area contributed by atoms with Gasteiger partial charge in [0, 0.05) is 16.4 Å². The predicted molar refractivity (Wildman–Crippen MR) is 105 cm³/mol. The molecule has 4 rings (SSSR count). The quantitative estimate of drug-likeness (QED) is 0.436. The molecule has 29 heavy (non-hydrogen) atoms. The van der Waals surface area contributed by atoms with E-state index in [4.69, 9.17) is 0 Å². The summed E-state index contributed by atoms with van der Waals surface area (Å²) in [6.07, 6.45) is -1.53. The highest BCUT2D eigenvalue weighted by molar-refractivity contribution is 9.10. The summed E-state index contributed by atoms with van der Waals surface area (Å²) in [6, 6.07) is 13.3.